The van der Waals surface area contributed by atoms with Crippen LogP contribution in [-0.2, 0) is 6.42 Å². The fourth-order valence-corrected chi connectivity index (χ4v) is 5.44. The Morgan fingerprint density at radius 3 is 2.54 bits per heavy atom. The van der Waals surface area contributed by atoms with Gasteiger partial charge in [-0.3, -0.25) is 0 Å². The minimum absolute atomic E-state index is 0.0520. The van der Waals surface area contributed by atoms with Gasteiger partial charge in [-0.2, -0.15) is 0 Å². The summed E-state index contributed by atoms with van der Waals surface area (Å²) >= 11 is 0. The van der Waals surface area contributed by atoms with E-state index < -0.39 is 12.2 Å². The molecule has 0 aromatic heterocycles. The maximum atomic E-state index is 11.2. The van der Waals surface area contributed by atoms with Crippen molar-refractivity contribution in [2.45, 2.75) is 70.5 Å². The van der Waals surface area contributed by atoms with Crippen LogP contribution in [0.15, 0.2) is 48.5 Å². The number of hydrogen-bond donors (Lipinski definition) is 4. The Hall–Kier alpha value is -3.20. The molecule has 4 unspecified atom stereocenters. The van der Waals surface area contributed by atoms with Gasteiger partial charge in [0, 0.05) is 23.8 Å². The van der Waals surface area contributed by atoms with Crippen LogP contribution in [0.5, 0.6) is 17.2 Å². The minimum Gasteiger partial charge on any atom is -0.508 e. The Morgan fingerprint density at radius 1 is 1.00 bits per heavy atom. The number of ether oxygens (including phenoxy) is 1. The number of rotatable bonds is 7. The van der Waals surface area contributed by atoms with E-state index in [1.165, 1.54) is 7.11 Å². The van der Waals surface area contributed by atoms with Crippen LogP contribution in [0.25, 0.3) is 21.9 Å². The molecule has 1 aliphatic rings. The van der Waals surface area contributed by atoms with Gasteiger partial charge in [0.15, 0.2) is 11.5 Å². The molecule has 0 radical (unpaired) electrons. The Labute approximate surface area is 219 Å². The van der Waals surface area contributed by atoms with Crippen molar-refractivity contribution in [3.8, 4) is 40.2 Å². The van der Waals surface area contributed by atoms with E-state index in [4.69, 9.17) is 4.74 Å². The van der Waals surface area contributed by atoms with Crippen LogP contribution in [0.2, 0.25) is 0 Å². The number of aryl methyl sites for hydroxylation is 1. The molecule has 0 saturated heterocycles. The fraction of sp³-hybridized carbons (Fsp3) is 0.438. The van der Waals surface area contributed by atoms with Gasteiger partial charge in [-0.05, 0) is 78.3 Å². The third-order valence-corrected chi connectivity index (χ3v) is 7.68. The first-order chi connectivity index (χ1) is 17.9. The third-order valence-electron chi connectivity index (χ3n) is 7.68. The second kappa shape index (κ2) is 12.4. The van der Waals surface area contributed by atoms with Crippen molar-refractivity contribution < 1.29 is 25.2 Å². The molecule has 0 fully saturated rings. The zero-order chi connectivity index (χ0) is 26.4. The highest BCUT2D eigenvalue weighted by atomic mass is 16.5. The van der Waals surface area contributed by atoms with Crippen LogP contribution < -0.4 is 4.74 Å². The molecule has 0 saturated carbocycles. The summed E-state index contributed by atoms with van der Waals surface area (Å²) in [5.41, 5.74) is 2.60. The van der Waals surface area contributed by atoms with Crippen molar-refractivity contribution in [2.24, 2.45) is 11.8 Å². The lowest BCUT2D eigenvalue weighted by Crippen LogP contribution is -2.32. The highest BCUT2D eigenvalue weighted by Gasteiger charge is 2.27. The molecule has 0 spiro atoms. The van der Waals surface area contributed by atoms with Crippen LogP contribution in [0.4, 0.5) is 0 Å². The van der Waals surface area contributed by atoms with E-state index >= 15 is 0 Å². The van der Waals surface area contributed by atoms with Crippen LogP contribution in [-0.4, -0.2) is 39.7 Å². The Kier molecular flexibility index (Phi) is 8.97. The van der Waals surface area contributed by atoms with Crippen molar-refractivity contribution in [2.75, 3.05) is 7.11 Å². The standard InChI is InChI=1S/C32H38O5/c1-3-21-7-4-5-10-28(34)27(9-6-8-21)29(35)17-14-22-15-18-30(36)32(37-2)31(22)25-12-11-24-20-26(33)16-13-23(24)19-25/h11-13,15-16,18-21,27-29,33-36H,3-5,7,9-10,14,17H2,1-2H3. The summed E-state index contributed by atoms with van der Waals surface area (Å²) in [6.07, 6.45) is 5.01. The molecule has 37 heavy (non-hydrogen) atoms. The van der Waals surface area contributed by atoms with Gasteiger partial charge in [-0.25, -0.2) is 0 Å². The topological polar surface area (TPSA) is 90.2 Å². The number of hydrogen-bond acceptors (Lipinski definition) is 5. The average Bonchev–Trinajstić information content (AvgIpc) is 2.90. The Balaban J connectivity index is 1.60. The van der Waals surface area contributed by atoms with Gasteiger partial charge >= 0.3 is 0 Å². The van der Waals surface area contributed by atoms with Crippen LogP contribution in [0, 0.1) is 23.7 Å². The van der Waals surface area contributed by atoms with Gasteiger partial charge in [-0.1, -0.05) is 50.0 Å². The number of phenols is 2. The minimum atomic E-state index is -0.698. The largest absolute Gasteiger partial charge is 0.508 e. The number of aromatic hydroxyl groups is 2. The molecule has 196 valence electrons. The lowest BCUT2D eigenvalue weighted by Gasteiger charge is -2.27. The summed E-state index contributed by atoms with van der Waals surface area (Å²) in [7, 11) is 1.54. The summed E-state index contributed by atoms with van der Waals surface area (Å²) in [6, 6.07) is 14.6. The molecule has 0 aliphatic heterocycles. The quantitative estimate of drug-likeness (QED) is 0.289. The van der Waals surface area contributed by atoms with E-state index in [0.29, 0.717) is 37.4 Å². The van der Waals surface area contributed by atoms with E-state index in [2.05, 4.69) is 18.8 Å². The first-order valence-corrected chi connectivity index (χ1v) is 13.4. The third kappa shape index (κ3) is 6.39. The molecule has 3 aromatic rings. The highest BCUT2D eigenvalue weighted by molar-refractivity contribution is 5.90. The number of aliphatic hydroxyl groups is 2. The predicted octanol–water partition coefficient (Wildman–Crippen LogP) is 6.19. The lowest BCUT2D eigenvalue weighted by molar-refractivity contribution is 0.00561. The number of phenolic OH excluding ortho intramolecular Hbond substituents is 2. The normalized spacial score (nSPS) is 21.1. The molecule has 0 bridgehead atoms. The molecule has 5 heteroatoms. The molecular weight excluding hydrogens is 464 g/mol. The molecule has 0 heterocycles. The van der Waals surface area contributed by atoms with Crippen molar-refractivity contribution in [1.82, 2.24) is 0 Å². The van der Waals surface area contributed by atoms with Gasteiger partial charge in [0.25, 0.3) is 0 Å². The van der Waals surface area contributed by atoms with E-state index in [1.807, 2.05) is 30.3 Å². The molecule has 1 aliphatic carbocycles. The van der Waals surface area contributed by atoms with Crippen molar-refractivity contribution in [1.29, 1.82) is 0 Å². The predicted molar refractivity (Wildman–Crippen MR) is 148 cm³/mol. The summed E-state index contributed by atoms with van der Waals surface area (Å²) in [5, 5.41) is 44.3. The smallest absolute Gasteiger partial charge is 0.168 e. The molecule has 3 aromatic carbocycles. The second-order valence-corrected chi connectivity index (χ2v) is 10.2. The van der Waals surface area contributed by atoms with Gasteiger partial charge in [0.05, 0.1) is 19.3 Å². The Morgan fingerprint density at radius 2 is 1.76 bits per heavy atom. The number of fused-ring (bicyclic) bond motifs is 1. The van der Waals surface area contributed by atoms with Gasteiger partial charge in [-0.15, -0.1) is 5.92 Å². The summed E-state index contributed by atoms with van der Waals surface area (Å²) in [5.74, 6) is 7.37. The zero-order valence-corrected chi connectivity index (χ0v) is 21.8. The maximum Gasteiger partial charge on any atom is 0.168 e. The zero-order valence-electron chi connectivity index (χ0n) is 21.8. The van der Waals surface area contributed by atoms with E-state index in [9.17, 15) is 20.4 Å². The van der Waals surface area contributed by atoms with Gasteiger partial charge in [0.2, 0.25) is 0 Å². The van der Waals surface area contributed by atoms with E-state index in [1.54, 1.807) is 18.2 Å². The van der Waals surface area contributed by atoms with Crippen molar-refractivity contribution in [3.63, 3.8) is 0 Å². The SMILES string of the molecule is CCC1C#CCC(C(O)CCc2ccc(O)c(OC)c2-c2ccc3cc(O)ccc3c2)C(O)CCCC1. The lowest BCUT2D eigenvalue weighted by atomic mass is 9.84. The number of benzene rings is 3. The Bertz CT molecular complexity index is 1270. The molecule has 5 nitrogen and oxygen atoms in total. The molecular formula is C32H38O5. The van der Waals surface area contributed by atoms with E-state index in [0.717, 1.165) is 53.1 Å². The molecule has 4 atom stereocenters. The molecule has 4 rings (SSSR count). The van der Waals surface area contributed by atoms with Gasteiger partial charge < -0.3 is 25.2 Å². The molecule has 4 N–H and O–H groups in total. The van der Waals surface area contributed by atoms with Crippen LogP contribution in [0.1, 0.15) is 57.4 Å². The second-order valence-electron chi connectivity index (χ2n) is 10.2. The number of methoxy groups -OCH3 is 1. The fourth-order valence-electron chi connectivity index (χ4n) is 5.44. The summed E-state index contributed by atoms with van der Waals surface area (Å²) in [4.78, 5) is 0. The van der Waals surface area contributed by atoms with Crippen LogP contribution >= 0.6 is 0 Å². The molecule has 0 amide bonds. The van der Waals surface area contributed by atoms with Gasteiger partial charge in [0.1, 0.15) is 5.75 Å². The average molecular weight is 503 g/mol. The monoisotopic (exact) mass is 502 g/mol. The maximum absolute atomic E-state index is 11.2. The number of aliphatic hydroxyl groups excluding tert-OH is 2. The first-order valence-electron chi connectivity index (χ1n) is 13.4. The van der Waals surface area contributed by atoms with E-state index in [-0.39, 0.29) is 17.4 Å². The van der Waals surface area contributed by atoms with Crippen molar-refractivity contribution in [3.05, 3.63) is 54.1 Å². The summed E-state index contributed by atoms with van der Waals surface area (Å²) in [6.45, 7) is 2.16. The summed E-state index contributed by atoms with van der Waals surface area (Å²) < 4.78 is 5.61. The van der Waals surface area contributed by atoms with Crippen molar-refractivity contribution >= 4 is 10.8 Å². The first kappa shape index (κ1) is 26.9. The van der Waals surface area contributed by atoms with Crippen LogP contribution in [0.3, 0.4) is 0 Å². The highest BCUT2D eigenvalue weighted by Crippen LogP contribution is 2.42.